The van der Waals surface area contributed by atoms with Crippen molar-refractivity contribution < 1.29 is 17.9 Å². The number of nitrogens with one attached hydrogen (secondary N) is 2. The maximum Gasteiger partial charge on any atom is 0.241 e. The first-order valence-corrected chi connectivity index (χ1v) is 8.94. The Balaban J connectivity index is 1.79. The third kappa shape index (κ3) is 5.36. The summed E-state index contributed by atoms with van der Waals surface area (Å²) < 4.78 is 31.5. The van der Waals surface area contributed by atoms with Gasteiger partial charge in [-0.25, -0.2) is 13.1 Å². The molecular weight excluding hydrogens is 328 g/mol. The van der Waals surface area contributed by atoms with Crippen LogP contribution < -0.4 is 14.8 Å². The van der Waals surface area contributed by atoms with Crippen molar-refractivity contribution in [1.82, 2.24) is 10.0 Å². The Morgan fingerprint density at radius 2 is 1.71 bits per heavy atom. The van der Waals surface area contributed by atoms with E-state index in [0.717, 1.165) is 5.56 Å². The molecule has 0 saturated carbocycles. The van der Waals surface area contributed by atoms with Gasteiger partial charge in [-0.2, -0.15) is 0 Å². The van der Waals surface area contributed by atoms with Gasteiger partial charge in [0.15, 0.2) is 0 Å². The normalized spacial score (nSPS) is 11.0. The minimum Gasteiger partial charge on any atom is -0.497 e. The summed E-state index contributed by atoms with van der Waals surface area (Å²) in [5, 5.41) is 2.69. The zero-order valence-corrected chi connectivity index (χ0v) is 14.2. The molecular formula is C17H20N2O4S. The maximum atomic E-state index is 12.1. The summed E-state index contributed by atoms with van der Waals surface area (Å²) in [7, 11) is -2.22. The number of rotatable bonds is 8. The number of ether oxygens (including phenoxy) is 1. The van der Waals surface area contributed by atoms with E-state index >= 15 is 0 Å². The van der Waals surface area contributed by atoms with Gasteiger partial charge in [0.2, 0.25) is 15.9 Å². The third-order valence-corrected chi connectivity index (χ3v) is 4.79. The van der Waals surface area contributed by atoms with Crippen LogP contribution in [0.5, 0.6) is 5.75 Å². The van der Waals surface area contributed by atoms with Crippen molar-refractivity contribution in [2.75, 3.05) is 20.2 Å². The molecule has 0 aliphatic heterocycles. The number of benzene rings is 2. The lowest BCUT2D eigenvalue weighted by atomic mass is 10.1. The monoisotopic (exact) mass is 348 g/mol. The van der Waals surface area contributed by atoms with E-state index in [-0.39, 0.29) is 17.3 Å². The molecule has 0 saturated heterocycles. The molecule has 2 rings (SSSR count). The summed E-state index contributed by atoms with van der Waals surface area (Å²) in [6.07, 6.45) is 0.692. The molecule has 128 valence electrons. The summed E-state index contributed by atoms with van der Waals surface area (Å²) >= 11 is 0. The Morgan fingerprint density at radius 1 is 1.04 bits per heavy atom. The van der Waals surface area contributed by atoms with Crippen molar-refractivity contribution in [3.8, 4) is 5.75 Å². The molecule has 0 heterocycles. The highest BCUT2D eigenvalue weighted by Crippen LogP contribution is 2.14. The average Bonchev–Trinajstić information content (AvgIpc) is 2.61. The molecule has 1 amide bonds. The van der Waals surface area contributed by atoms with E-state index in [0.29, 0.717) is 18.7 Å². The molecule has 0 atom stereocenters. The van der Waals surface area contributed by atoms with Crippen LogP contribution in [0.15, 0.2) is 59.5 Å². The number of carbonyl (C=O) groups excluding carboxylic acids is 1. The zero-order chi connectivity index (χ0) is 17.4. The van der Waals surface area contributed by atoms with Crippen LogP contribution in [0.3, 0.4) is 0 Å². The van der Waals surface area contributed by atoms with Crippen molar-refractivity contribution in [3.63, 3.8) is 0 Å². The topological polar surface area (TPSA) is 84.5 Å². The SMILES string of the molecule is COc1ccc(S(=O)(=O)NCC(=O)NCCc2ccccc2)cc1. The fourth-order valence-electron chi connectivity index (χ4n) is 2.05. The second kappa shape index (κ2) is 8.47. The average molecular weight is 348 g/mol. The van der Waals surface area contributed by atoms with Gasteiger partial charge in [-0.05, 0) is 36.2 Å². The predicted molar refractivity (Wildman–Crippen MR) is 91.3 cm³/mol. The van der Waals surface area contributed by atoms with Crippen LogP contribution in [-0.4, -0.2) is 34.5 Å². The van der Waals surface area contributed by atoms with Gasteiger partial charge in [0.25, 0.3) is 0 Å². The standard InChI is InChI=1S/C17H20N2O4S/c1-23-15-7-9-16(10-8-15)24(21,22)19-13-17(20)18-12-11-14-5-3-2-4-6-14/h2-10,19H,11-13H2,1H3,(H,18,20). The molecule has 0 radical (unpaired) electrons. The van der Waals surface area contributed by atoms with E-state index in [4.69, 9.17) is 4.74 Å². The van der Waals surface area contributed by atoms with Crippen LogP contribution >= 0.6 is 0 Å². The van der Waals surface area contributed by atoms with E-state index in [1.165, 1.54) is 19.2 Å². The highest BCUT2D eigenvalue weighted by atomic mass is 32.2. The minimum atomic E-state index is -3.72. The Morgan fingerprint density at radius 3 is 2.33 bits per heavy atom. The summed E-state index contributed by atoms with van der Waals surface area (Å²) in [4.78, 5) is 11.8. The van der Waals surface area contributed by atoms with Crippen LogP contribution in [0, 0.1) is 0 Å². The van der Waals surface area contributed by atoms with E-state index in [1.807, 2.05) is 30.3 Å². The highest BCUT2D eigenvalue weighted by molar-refractivity contribution is 7.89. The fraction of sp³-hybridized carbons (Fsp3) is 0.235. The van der Waals surface area contributed by atoms with Crippen molar-refractivity contribution in [2.24, 2.45) is 0 Å². The number of methoxy groups -OCH3 is 1. The van der Waals surface area contributed by atoms with Crippen molar-refractivity contribution in [2.45, 2.75) is 11.3 Å². The molecule has 2 aromatic rings. The van der Waals surface area contributed by atoms with E-state index in [9.17, 15) is 13.2 Å². The molecule has 0 bridgehead atoms. The first kappa shape index (κ1) is 18.0. The lowest BCUT2D eigenvalue weighted by Crippen LogP contribution is -2.37. The predicted octanol–water partition coefficient (Wildman–Crippen LogP) is 1.33. The molecule has 0 spiro atoms. The third-order valence-electron chi connectivity index (χ3n) is 3.37. The van der Waals surface area contributed by atoms with Gasteiger partial charge in [-0.15, -0.1) is 0 Å². The van der Waals surface area contributed by atoms with Gasteiger partial charge >= 0.3 is 0 Å². The summed E-state index contributed by atoms with van der Waals surface area (Å²) in [6.45, 7) is 0.149. The van der Waals surface area contributed by atoms with Crippen LogP contribution in [0.25, 0.3) is 0 Å². The van der Waals surface area contributed by atoms with Crippen LogP contribution in [0.1, 0.15) is 5.56 Å². The molecule has 6 nitrogen and oxygen atoms in total. The lowest BCUT2D eigenvalue weighted by Gasteiger charge is -2.08. The van der Waals surface area contributed by atoms with E-state index < -0.39 is 10.0 Å². The Labute approximate surface area is 141 Å². The molecule has 24 heavy (non-hydrogen) atoms. The lowest BCUT2D eigenvalue weighted by molar-refractivity contribution is -0.119. The van der Waals surface area contributed by atoms with Crippen LogP contribution in [0.4, 0.5) is 0 Å². The molecule has 0 aromatic heterocycles. The highest BCUT2D eigenvalue weighted by Gasteiger charge is 2.15. The summed E-state index contributed by atoms with van der Waals surface area (Å²) in [5.74, 6) is 0.190. The largest absolute Gasteiger partial charge is 0.497 e. The molecule has 0 unspecified atom stereocenters. The quantitative estimate of drug-likeness (QED) is 0.754. The molecule has 2 aromatic carbocycles. The second-order valence-corrected chi connectivity index (χ2v) is 6.85. The van der Waals surface area contributed by atoms with Crippen molar-refractivity contribution in [1.29, 1.82) is 0 Å². The number of amides is 1. The maximum absolute atomic E-state index is 12.1. The van der Waals surface area contributed by atoms with Gasteiger partial charge in [0.1, 0.15) is 5.75 Å². The molecule has 0 fully saturated rings. The Bertz CT molecular complexity index is 759. The number of hydrogen-bond acceptors (Lipinski definition) is 4. The Kier molecular flexibility index (Phi) is 6.34. The first-order valence-electron chi connectivity index (χ1n) is 7.45. The number of sulfonamides is 1. The fourth-order valence-corrected chi connectivity index (χ4v) is 3.03. The molecule has 7 heteroatoms. The molecule has 0 aliphatic rings. The van der Waals surface area contributed by atoms with Gasteiger partial charge < -0.3 is 10.1 Å². The smallest absolute Gasteiger partial charge is 0.241 e. The van der Waals surface area contributed by atoms with Crippen LogP contribution in [0.2, 0.25) is 0 Å². The zero-order valence-electron chi connectivity index (χ0n) is 13.4. The van der Waals surface area contributed by atoms with Gasteiger partial charge in [0, 0.05) is 6.54 Å². The molecule has 2 N–H and O–H groups in total. The summed E-state index contributed by atoms with van der Waals surface area (Å²) in [6, 6.07) is 15.7. The Hall–Kier alpha value is -2.38. The van der Waals surface area contributed by atoms with E-state index in [1.54, 1.807) is 12.1 Å². The first-order chi connectivity index (χ1) is 11.5. The summed E-state index contributed by atoms with van der Waals surface area (Å²) in [5.41, 5.74) is 1.11. The minimum absolute atomic E-state index is 0.0837. The van der Waals surface area contributed by atoms with Gasteiger partial charge in [0.05, 0.1) is 18.6 Å². The second-order valence-electron chi connectivity index (χ2n) is 5.09. The van der Waals surface area contributed by atoms with Gasteiger partial charge in [-0.3, -0.25) is 4.79 Å². The van der Waals surface area contributed by atoms with Crippen molar-refractivity contribution >= 4 is 15.9 Å². The molecule has 0 aliphatic carbocycles. The van der Waals surface area contributed by atoms with E-state index in [2.05, 4.69) is 10.0 Å². The number of carbonyl (C=O) groups is 1. The van der Waals surface area contributed by atoms with Crippen molar-refractivity contribution in [3.05, 3.63) is 60.2 Å². The van der Waals surface area contributed by atoms with Gasteiger partial charge in [-0.1, -0.05) is 30.3 Å². The number of hydrogen-bond donors (Lipinski definition) is 2. The van der Waals surface area contributed by atoms with Crippen LogP contribution in [-0.2, 0) is 21.2 Å².